The van der Waals surface area contributed by atoms with E-state index in [1.54, 1.807) is 7.11 Å². The van der Waals surface area contributed by atoms with Crippen LogP contribution in [-0.4, -0.2) is 47.5 Å². The summed E-state index contributed by atoms with van der Waals surface area (Å²) >= 11 is 0. The largest absolute Gasteiger partial charge is 0.497 e. The Bertz CT molecular complexity index is 789. The molecule has 1 aliphatic rings. The highest BCUT2D eigenvalue weighted by atomic mass is 16.5. The first-order chi connectivity index (χ1) is 13.6. The van der Waals surface area contributed by atoms with Crippen LogP contribution < -0.4 is 4.74 Å². The highest BCUT2D eigenvalue weighted by Crippen LogP contribution is 2.36. The van der Waals surface area contributed by atoms with E-state index in [9.17, 15) is 4.79 Å². The molecule has 2 aromatic rings. The predicted octanol–water partition coefficient (Wildman–Crippen LogP) is 3.30. The second-order valence-corrected chi connectivity index (χ2v) is 7.55. The van der Waals surface area contributed by atoms with Gasteiger partial charge in [0, 0.05) is 31.4 Å². The third-order valence-corrected chi connectivity index (χ3v) is 5.46. The molecule has 2 heterocycles. The van der Waals surface area contributed by atoms with Crippen molar-refractivity contribution < 1.29 is 14.3 Å². The van der Waals surface area contributed by atoms with E-state index in [4.69, 9.17) is 9.47 Å². The Labute approximate surface area is 167 Å². The number of likely N-dealkylation sites (tertiary alicyclic amines) is 1. The lowest BCUT2D eigenvalue weighted by Gasteiger charge is -2.41. The molecule has 1 fully saturated rings. The number of esters is 1. The summed E-state index contributed by atoms with van der Waals surface area (Å²) in [5.41, 5.74) is 1.76. The van der Waals surface area contributed by atoms with Crippen molar-refractivity contribution in [2.45, 2.75) is 46.2 Å². The first-order valence-corrected chi connectivity index (χ1v) is 10.1. The molecule has 28 heavy (non-hydrogen) atoms. The quantitative estimate of drug-likeness (QED) is 0.653. The van der Waals surface area contributed by atoms with Gasteiger partial charge in [0.25, 0.3) is 0 Å². The number of benzene rings is 1. The Morgan fingerprint density at radius 3 is 2.86 bits per heavy atom. The fourth-order valence-electron chi connectivity index (χ4n) is 4.12. The van der Waals surface area contributed by atoms with Crippen LogP contribution in [0, 0.1) is 5.41 Å². The van der Waals surface area contributed by atoms with Crippen LogP contribution in [0.3, 0.4) is 0 Å². The van der Waals surface area contributed by atoms with Gasteiger partial charge in [-0.2, -0.15) is 5.10 Å². The molecular formula is C22H31N3O3. The molecule has 1 atom stereocenters. The number of hydrogen-bond donors (Lipinski definition) is 0. The number of piperidine rings is 1. The number of aryl methyl sites for hydroxylation is 1. The summed E-state index contributed by atoms with van der Waals surface area (Å²) in [7, 11) is 1.67. The van der Waals surface area contributed by atoms with Crippen LogP contribution in [0.5, 0.6) is 5.75 Å². The van der Waals surface area contributed by atoms with E-state index in [1.165, 1.54) is 5.56 Å². The van der Waals surface area contributed by atoms with Crippen LogP contribution in [0.25, 0.3) is 0 Å². The summed E-state index contributed by atoms with van der Waals surface area (Å²) in [6, 6.07) is 7.99. The van der Waals surface area contributed by atoms with Gasteiger partial charge in [-0.05, 0) is 57.4 Å². The molecule has 0 amide bonds. The molecular weight excluding hydrogens is 354 g/mol. The van der Waals surface area contributed by atoms with Gasteiger partial charge < -0.3 is 9.47 Å². The van der Waals surface area contributed by atoms with Gasteiger partial charge in [0.05, 0.1) is 25.3 Å². The molecule has 152 valence electrons. The zero-order valence-corrected chi connectivity index (χ0v) is 17.2. The van der Waals surface area contributed by atoms with Crippen LogP contribution in [0.2, 0.25) is 0 Å². The lowest BCUT2D eigenvalue weighted by Crippen LogP contribution is -2.49. The highest BCUT2D eigenvalue weighted by molar-refractivity contribution is 5.78. The van der Waals surface area contributed by atoms with Crippen molar-refractivity contribution in [3.05, 3.63) is 47.8 Å². The molecule has 0 radical (unpaired) electrons. The van der Waals surface area contributed by atoms with Crippen LogP contribution in [-0.2, 0) is 29.0 Å². The van der Waals surface area contributed by atoms with Crippen LogP contribution >= 0.6 is 0 Å². The number of hydrogen-bond acceptors (Lipinski definition) is 5. The van der Waals surface area contributed by atoms with Gasteiger partial charge in [0.2, 0.25) is 0 Å². The molecule has 0 bridgehead atoms. The molecule has 6 nitrogen and oxygen atoms in total. The van der Waals surface area contributed by atoms with E-state index in [-0.39, 0.29) is 5.97 Å². The Morgan fingerprint density at radius 1 is 1.29 bits per heavy atom. The number of carbonyl (C=O) groups excluding carboxylic acids is 1. The first kappa shape index (κ1) is 20.4. The van der Waals surface area contributed by atoms with E-state index < -0.39 is 5.41 Å². The van der Waals surface area contributed by atoms with Crippen molar-refractivity contribution in [1.29, 1.82) is 0 Å². The molecule has 6 heteroatoms. The second kappa shape index (κ2) is 9.24. The Balaban J connectivity index is 1.80. The number of aromatic nitrogens is 2. The van der Waals surface area contributed by atoms with Gasteiger partial charge in [-0.3, -0.25) is 14.4 Å². The maximum atomic E-state index is 13.0. The van der Waals surface area contributed by atoms with Crippen molar-refractivity contribution in [1.82, 2.24) is 14.7 Å². The number of nitrogens with zero attached hydrogens (tertiary/aromatic N) is 3. The van der Waals surface area contributed by atoms with Crippen LogP contribution in [0.15, 0.2) is 36.7 Å². The summed E-state index contributed by atoms with van der Waals surface area (Å²) < 4.78 is 12.8. The third kappa shape index (κ3) is 4.73. The summed E-state index contributed by atoms with van der Waals surface area (Å²) in [5.74, 6) is 0.725. The zero-order chi connectivity index (χ0) is 20.0. The minimum atomic E-state index is -0.526. The fraction of sp³-hybridized carbons (Fsp3) is 0.545. The molecule has 1 aliphatic heterocycles. The van der Waals surface area contributed by atoms with E-state index in [2.05, 4.69) is 29.2 Å². The van der Waals surface area contributed by atoms with Crippen molar-refractivity contribution in [3.8, 4) is 5.75 Å². The van der Waals surface area contributed by atoms with Crippen molar-refractivity contribution in [3.63, 3.8) is 0 Å². The lowest BCUT2D eigenvalue weighted by molar-refractivity contribution is -0.159. The summed E-state index contributed by atoms with van der Waals surface area (Å²) in [6.45, 7) is 7.70. The summed E-state index contributed by atoms with van der Waals surface area (Å²) in [6.07, 6.45) is 6.49. The highest BCUT2D eigenvalue weighted by Gasteiger charge is 2.43. The Kier molecular flexibility index (Phi) is 6.73. The first-order valence-electron chi connectivity index (χ1n) is 10.1. The van der Waals surface area contributed by atoms with E-state index in [0.29, 0.717) is 19.6 Å². The third-order valence-electron chi connectivity index (χ3n) is 5.46. The van der Waals surface area contributed by atoms with Crippen LogP contribution in [0.1, 0.15) is 37.8 Å². The SMILES string of the molecule is CCOC(=O)C1(Cc2cccc(OC)c2)CCCN(Cc2cnn(CC)c2)C1. The summed E-state index contributed by atoms with van der Waals surface area (Å²) in [4.78, 5) is 15.4. The van der Waals surface area contributed by atoms with Crippen molar-refractivity contribution >= 4 is 5.97 Å². The number of carbonyl (C=O) groups is 1. The van der Waals surface area contributed by atoms with E-state index in [1.807, 2.05) is 36.0 Å². The van der Waals surface area contributed by atoms with Gasteiger partial charge in [0.1, 0.15) is 5.75 Å². The molecule has 1 unspecified atom stereocenters. The lowest BCUT2D eigenvalue weighted by atomic mass is 9.75. The zero-order valence-electron chi connectivity index (χ0n) is 17.2. The molecule has 0 N–H and O–H groups in total. The topological polar surface area (TPSA) is 56.6 Å². The Morgan fingerprint density at radius 2 is 2.14 bits per heavy atom. The second-order valence-electron chi connectivity index (χ2n) is 7.55. The average molecular weight is 386 g/mol. The minimum absolute atomic E-state index is 0.0910. The maximum Gasteiger partial charge on any atom is 0.313 e. The monoisotopic (exact) mass is 385 g/mol. The van der Waals surface area contributed by atoms with Crippen molar-refractivity contribution in [2.24, 2.45) is 5.41 Å². The number of methoxy groups -OCH3 is 1. The van der Waals surface area contributed by atoms with E-state index in [0.717, 1.165) is 43.8 Å². The fourth-order valence-corrected chi connectivity index (χ4v) is 4.12. The minimum Gasteiger partial charge on any atom is -0.497 e. The average Bonchev–Trinajstić information content (AvgIpc) is 3.16. The maximum absolute atomic E-state index is 13.0. The molecule has 0 spiro atoms. The number of rotatable bonds is 8. The van der Waals surface area contributed by atoms with Gasteiger partial charge in [-0.1, -0.05) is 12.1 Å². The summed E-state index contributed by atoms with van der Waals surface area (Å²) in [5, 5.41) is 4.37. The van der Waals surface area contributed by atoms with Gasteiger partial charge in [0.15, 0.2) is 0 Å². The molecule has 0 saturated carbocycles. The van der Waals surface area contributed by atoms with E-state index >= 15 is 0 Å². The van der Waals surface area contributed by atoms with Crippen LogP contribution in [0.4, 0.5) is 0 Å². The molecule has 1 saturated heterocycles. The van der Waals surface area contributed by atoms with Gasteiger partial charge in [-0.25, -0.2) is 0 Å². The van der Waals surface area contributed by atoms with Gasteiger partial charge >= 0.3 is 5.97 Å². The normalized spacial score (nSPS) is 20.1. The van der Waals surface area contributed by atoms with Gasteiger partial charge in [-0.15, -0.1) is 0 Å². The smallest absolute Gasteiger partial charge is 0.313 e. The molecule has 1 aromatic heterocycles. The standard InChI is InChI=1S/C22H31N3O3/c1-4-25-16-19(14-23-25)15-24-11-7-10-22(17-24,21(26)28-5-2)13-18-8-6-9-20(12-18)27-3/h6,8-9,12,14,16H,4-5,7,10-11,13,15,17H2,1-3H3. The molecule has 1 aromatic carbocycles. The predicted molar refractivity (Wildman–Crippen MR) is 108 cm³/mol. The molecule has 0 aliphatic carbocycles. The Hall–Kier alpha value is -2.34. The van der Waals surface area contributed by atoms with Crippen molar-refractivity contribution in [2.75, 3.05) is 26.8 Å². The molecule has 3 rings (SSSR count). The number of ether oxygens (including phenoxy) is 2.